The molecular weight excluding hydrogens is 926 g/mol. The summed E-state index contributed by atoms with van der Waals surface area (Å²) in [4.78, 5) is 46.4. The van der Waals surface area contributed by atoms with Gasteiger partial charge in [0.15, 0.2) is 6.10 Å². The molecule has 0 radical (unpaired) electrons. The van der Waals surface area contributed by atoms with E-state index in [1.165, 1.54) is 257 Å². The molecule has 0 bridgehead atoms. The quantitative estimate of drug-likeness (QED) is 0.0301. The van der Waals surface area contributed by atoms with Crippen LogP contribution in [0.15, 0.2) is 0 Å². The lowest BCUT2D eigenvalue weighted by molar-refractivity contribution is -0.161. The van der Waals surface area contributed by atoms with Gasteiger partial charge in [0.2, 0.25) is 0 Å². The summed E-state index contributed by atoms with van der Waals surface area (Å²) < 4.78 is 33.0. The van der Waals surface area contributed by atoms with Gasteiger partial charge in [-0.25, -0.2) is 4.57 Å². The van der Waals surface area contributed by atoms with Crippen LogP contribution in [0.25, 0.3) is 0 Å². The van der Waals surface area contributed by atoms with Gasteiger partial charge in [0.1, 0.15) is 12.6 Å². The summed E-state index contributed by atoms with van der Waals surface area (Å²) in [7, 11) is -4.72. The van der Waals surface area contributed by atoms with Crippen molar-refractivity contribution in [2.75, 3.05) is 19.8 Å². The number of carboxylic acids is 1. The molecule has 72 heavy (non-hydrogen) atoms. The van der Waals surface area contributed by atoms with Gasteiger partial charge < -0.3 is 25.2 Å². The highest BCUT2D eigenvalue weighted by atomic mass is 31.2. The van der Waals surface area contributed by atoms with Gasteiger partial charge in [-0.3, -0.25) is 23.4 Å². The van der Waals surface area contributed by atoms with E-state index in [0.717, 1.165) is 38.5 Å². The maximum absolute atomic E-state index is 12.8. The normalized spacial score (nSPS) is 13.3. The van der Waals surface area contributed by atoms with Gasteiger partial charge in [0, 0.05) is 12.8 Å². The van der Waals surface area contributed by atoms with E-state index in [2.05, 4.69) is 13.8 Å². The molecule has 11 nitrogen and oxygen atoms in total. The largest absolute Gasteiger partial charge is 0.480 e. The second kappa shape index (κ2) is 55.7. The molecule has 0 aromatic heterocycles. The van der Waals surface area contributed by atoms with Gasteiger partial charge in [-0.15, -0.1) is 0 Å². The summed E-state index contributed by atoms with van der Waals surface area (Å²) in [6.45, 7) is 2.91. The van der Waals surface area contributed by atoms with Crippen molar-refractivity contribution >= 4 is 25.7 Å². The SMILES string of the molecule is CCCCCCCCCCCCCCCCCCCCCCCCCCC(=O)OCC(COP(=O)(O)OCC(N)C(=O)O)OC(=O)CCCCCCCCCCCCCCCCCCCCCCCCCC. The lowest BCUT2D eigenvalue weighted by Gasteiger charge is -2.20. The summed E-state index contributed by atoms with van der Waals surface area (Å²) in [5, 5.41) is 8.96. The number of rotatable bonds is 60. The van der Waals surface area contributed by atoms with Crippen LogP contribution in [0.2, 0.25) is 0 Å². The van der Waals surface area contributed by atoms with E-state index in [1.54, 1.807) is 0 Å². The average molecular weight is 1040 g/mol. The molecule has 4 N–H and O–H groups in total. The number of esters is 2. The molecule has 428 valence electrons. The number of carbonyl (C=O) groups excluding carboxylic acids is 2. The first-order valence-electron chi connectivity index (χ1n) is 31.1. The van der Waals surface area contributed by atoms with E-state index in [1.807, 2.05) is 0 Å². The first-order chi connectivity index (χ1) is 35.1. The Kier molecular flexibility index (Phi) is 54.5. The van der Waals surface area contributed by atoms with Gasteiger partial charge in [0.05, 0.1) is 13.2 Å². The van der Waals surface area contributed by atoms with Crippen LogP contribution >= 0.6 is 7.82 Å². The van der Waals surface area contributed by atoms with Crippen LogP contribution in [0.3, 0.4) is 0 Å². The van der Waals surface area contributed by atoms with Crippen LogP contribution in [-0.4, -0.2) is 59.9 Å². The molecule has 0 saturated heterocycles. The fourth-order valence-electron chi connectivity index (χ4n) is 9.54. The van der Waals surface area contributed by atoms with Crippen molar-refractivity contribution in [3.63, 3.8) is 0 Å². The molecule has 0 aromatic rings. The van der Waals surface area contributed by atoms with Crippen LogP contribution in [0.5, 0.6) is 0 Å². The number of hydrogen-bond donors (Lipinski definition) is 3. The van der Waals surface area contributed by atoms with E-state index >= 15 is 0 Å². The Hall–Kier alpha value is -1.52. The summed E-state index contributed by atoms with van der Waals surface area (Å²) in [5.41, 5.74) is 5.38. The Bertz CT molecular complexity index is 1220. The van der Waals surface area contributed by atoms with Crippen molar-refractivity contribution in [3.8, 4) is 0 Å². The third-order valence-corrected chi connectivity index (χ3v) is 15.3. The standard InChI is InChI=1S/C60H118NO10P/c1-3-5-7-9-11-13-15-17-19-21-23-25-27-29-31-33-35-37-39-41-43-45-47-49-51-58(62)68-53-56(54-69-72(66,67)70-55-57(61)60(64)65)71-59(63)52-50-48-46-44-42-40-38-36-34-32-30-28-26-24-22-20-18-16-14-12-10-8-6-4-2/h56-57H,3-55,61H2,1-2H3,(H,64,65)(H,66,67). The van der Waals surface area contributed by atoms with E-state index in [4.69, 9.17) is 29.4 Å². The monoisotopic (exact) mass is 1040 g/mol. The zero-order chi connectivity index (χ0) is 52.7. The maximum Gasteiger partial charge on any atom is 0.472 e. The van der Waals surface area contributed by atoms with E-state index < -0.39 is 51.1 Å². The van der Waals surface area contributed by atoms with Crippen molar-refractivity contribution in [1.29, 1.82) is 0 Å². The minimum atomic E-state index is -4.72. The number of aliphatic carboxylic acids is 1. The van der Waals surface area contributed by atoms with Crippen LogP contribution in [0.1, 0.15) is 335 Å². The number of phosphoric ester groups is 1. The lowest BCUT2D eigenvalue weighted by Crippen LogP contribution is -2.34. The third-order valence-electron chi connectivity index (χ3n) is 14.4. The number of carboxylic acid groups (broad SMARTS) is 1. The number of phosphoric acid groups is 1. The molecule has 0 heterocycles. The highest BCUT2D eigenvalue weighted by molar-refractivity contribution is 7.47. The number of unbranched alkanes of at least 4 members (excludes halogenated alkanes) is 46. The van der Waals surface area contributed by atoms with Crippen LogP contribution in [-0.2, 0) is 37.5 Å². The molecule has 0 saturated carbocycles. The first-order valence-corrected chi connectivity index (χ1v) is 32.6. The molecule has 0 aliphatic rings. The van der Waals surface area contributed by atoms with Crippen molar-refractivity contribution in [2.45, 2.75) is 347 Å². The highest BCUT2D eigenvalue weighted by Crippen LogP contribution is 2.43. The summed E-state index contributed by atoms with van der Waals surface area (Å²) >= 11 is 0. The average Bonchev–Trinajstić information content (AvgIpc) is 3.36. The minimum Gasteiger partial charge on any atom is -0.480 e. The fraction of sp³-hybridized carbons (Fsp3) is 0.950. The van der Waals surface area contributed by atoms with Crippen molar-refractivity contribution in [3.05, 3.63) is 0 Å². The number of nitrogens with two attached hydrogens (primary N) is 1. The smallest absolute Gasteiger partial charge is 0.472 e. The van der Waals surface area contributed by atoms with Crippen molar-refractivity contribution in [2.24, 2.45) is 5.73 Å². The summed E-state index contributed by atoms with van der Waals surface area (Å²) in [5.74, 6) is -2.34. The second-order valence-corrected chi connectivity index (χ2v) is 23.0. The Balaban J connectivity index is 4.05. The topological polar surface area (TPSA) is 172 Å². The van der Waals surface area contributed by atoms with Crippen LogP contribution < -0.4 is 5.73 Å². The molecule has 0 amide bonds. The number of carbonyl (C=O) groups is 3. The Morgan fingerprint density at radius 3 is 0.875 bits per heavy atom. The van der Waals surface area contributed by atoms with Crippen molar-refractivity contribution < 1.29 is 47.5 Å². The summed E-state index contributed by atoms with van der Waals surface area (Å²) in [6.07, 6.45) is 61.9. The molecule has 0 fully saturated rings. The van der Waals surface area contributed by atoms with E-state index in [9.17, 15) is 23.8 Å². The maximum atomic E-state index is 12.8. The van der Waals surface area contributed by atoms with Crippen molar-refractivity contribution in [1.82, 2.24) is 0 Å². The summed E-state index contributed by atoms with van der Waals surface area (Å²) in [6, 6.07) is -1.52. The molecular formula is C60H118NO10P. The molecule has 3 unspecified atom stereocenters. The molecule has 3 atom stereocenters. The van der Waals surface area contributed by atoms with Gasteiger partial charge in [-0.05, 0) is 12.8 Å². The fourth-order valence-corrected chi connectivity index (χ4v) is 10.3. The third kappa shape index (κ3) is 54.7. The van der Waals surface area contributed by atoms with Crippen LogP contribution in [0, 0.1) is 0 Å². The van der Waals surface area contributed by atoms with Gasteiger partial charge in [-0.2, -0.15) is 0 Å². The molecule has 0 rings (SSSR count). The van der Waals surface area contributed by atoms with Crippen LogP contribution in [0.4, 0.5) is 0 Å². The molecule has 12 heteroatoms. The molecule has 0 aliphatic carbocycles. The van der Waals surface area contributed by atoms with E-state index in [0.29, 0.717) is 12.8 Å². The zero-order valence-corrected chi connectivity index (χ0v) is 48.2. The lowest BCUT2D eigenvalue weighted by atomic mass is 10.0. The number of ether oxygens (including phenoxy) is 2. The van der Waals surface area contributed by atoms with Gasteiger partial charge >= 0.3 is 25.7 Å². The Morgan fingerprint density at radius 2 is 0.611 bits per heavy atom. The van der Waals surface area contributed by atoms with Gasteiger partial charge in [0.25, 0.3) is 0 Å². The molecule has 0 aliphatic heterocycles. The molecule has 0 aromatic carbocycles. The predicted octanol–water partition coefficient (Wildman–Crippen LogP) is 18.5. The Morgan fingerprint density at radius 1 is 0.375 bits per heavy atom. The second-order valence-electron chi connectivity index (χ2n) is 21.6. The number of hydrogen-bond acceptors (Lipinski definition) is 9. The zero-order valence-electron chi connectivity index (χ0n) is 47.3. The Labute approximate surface area is 444 Å². The van der Waals surface area contributed by atoms with Gasteiger partial charge in [-0.1, -0.05) is 309 Å². The van der Waals surface area contributed by atoms with E-state index in [-0.39, 0.29) is 19.4 Å². The predicted molar refractivity (Wildman–Crippen MR) is 300 cm³/mol. The molecule has 0 spiro atoms. The minimum absolute atomic E-state index is 0.171. The highest BCUT2D eigenvalue weighted by Gasteiger charge is 2.28. The first kappa shape index (κ1) is 70.5.